The number of amides is 1. The van der Waals surface area contributed by atoms with Crippen LogP contribution < -0.4 is 15.8 Å². The molecule has 1 unspecified atom stereocenters. The van der Waals surface area contributed by atoms with Gasteiger partial charge < -0.3 is 20.5 Å². The molecular weight excluding hydrogens is 311 g/mol. The molecule has 1 atom stereocenters. The molecule has 0 saturated carbocycles. The highest BCUT2D eigenvalue weighted by Gasteiger charge is 2.18. The van der Waals surface area contributed by atoms with Crippen molar-refractivity contribution >= 4 is 17.7 Å². The molecule has 0 aliphatic carbocycles. The Hall–Kier alpha value is -1.53. The second kappa shape index (κ2) is 7.65. The van der Waals surface area contributed by atoms with Gasteiger partial charge in [-0.25, -0.2) is 9.18 Å². The summed E-state index contributed by atoms with van der Waals surface area (Å²) in [5.74, 6) is -0.436. The number of benzene rings is 1. The number of alkyl carbamates (subject to hydrolysis) is 1. The van der Waals surface area contributed by atoms with Crippen LogP contribution in [0.4, 0.5) is 9.18 Å². The van der Waals surface area contributed by atoms with E-state index in [-0.39, 0.29) is 17.3 Å². The van der Waals surface area contributed by atoms with Crippen molar-refractivity contribution in [1.29, 1.82) is 0 Å². The van der Waals surface area contributed by atoms with Gasteiger partial charge in [0.15, 0.2) is 11.6 Å². The van der Waals surface area contributed by atoms with Crippen molar-refractivity contribution in [2.24, 2.45) is 5.73 Å². The van der Waals surface area contributed by atoms with Gasteiger partial charge in [-0.1, -0.05) is 11.6 Å². The monoisotopic (exact) mass is 332 g/mol. The summed E-state index contributed by atoms with van der Waals surface area (Å²) in [5, 5.41) is 2.84. The number of halogens is 2. The van der Waals surface area contributed by atoms with Crippen LogP contribution in [0.25, 0.3) is 0 Å². The van der Waals surface area contributed by atoms with E-state index in [0.717, 1.165) is 0 Å². The van der Waals surface area contributed by atoms with Gasteiger partial charge in [0.2, 0.25) is 0 Å². The molecule has 124 valence electrons. The van der Waals surface area contributed by atoms with Crippen LogP contribution in [0, 0.1) is 5.82 Å². The molecule has 0 bridgehead atoms. The van der Waals surface area contributed by atoms with Crippen molar-refractivity contribution in [3.05, 3.63) is 28.5 Å². The predicted molar refractivity (Wildman–Crippen MR) is 83.9 cm³/mol. The summed E-state index contributed by atoms with van der Waals surface area (Å²) in [6, 6.07) is 2.34. The van der Waals surface area contributed by atoms with Crippen molar-refractivity contribution in [3.63, 3.8) is 0 Å². The van der Waals surface area contributed by atoms with Crippen LogP contribution in [0.2, 0.25) is 5.02 Å². The first-order valence-electron chi connectivity index (χ1n) is 6.86. The molecule has 0 saturated heterocycles. The summed E-state index contributed by atoms with van der Waals surface area (Å²) in [4.78, 5) is 11.6. The number of methoxy groups -OCH3 is 1. The van der Waals surface area contributed by atoms with Gasteiger partial charge in [0.1, 0.15) is 5.60 Å². The Morgan fingerprint density at radius 3 is 2.64 bits per heavy atom. The van der Waals surface area contributed by atoms with E-state index in [1.807, 2.05) is 0 Å². The Morgan fingerprint density at radius 1 is 1.45 bits per heavy atom. The van der Waals surface area contributed by atoms with Gasteiger partial charge >= 0.3 is 6.09 Å². The van der Waals surface area contributed by atoms with Crippen LogP contribution in [0.15, 0.2) is 12.1 Å². The smallest absolute Gasteiger partial charge is 0.407 e. The summed E-state index contributed by atoms with van der Waals surface area (Å²) in [5.41, 5.74) is 5.92. The van der Waals surface area contributed by atoms with Crippen LogP contribution in [-0.4, -0.2) is 31.4 Å². The second-order valence-electron chi connectivity index (χ2n) is 5.93. The highest BCUT2D eigenvalue weighted by Crippen LogP contribution is 2.27. The van der Waals surface area contributed by atoms with E-state index in [2.05, 4.69) is 5.32 Å². The number of carbonyl (C=O) groups excluding carboxylic acids is 1. The lowest BCUT2D eigenvalue weighted by Gasteiger charge is -2.21. The van der Waals surface area contributed by atoms with E-state index in [1.165, 1.54) is 13.2 Å². The molecule has 1 aromatic carbocycles. The minimum absolute atomic E-state index is 0.108. The maximum absolute atomic E-state index is 13.7. The van der Waals surface area contributed by atoms with E-state index in [0.29, 0.717) is 12.0 Å². The molecule has 0 aliphatic heterocycles. The molecule has 5 nitrogen and oxygen atoms in total. The number of nitrogens with one attached hydrogen (secondary N) is 1. The van der Waals surface area contributed by atoms with Crippen LogP contribution in [0.3, 0.4) is 0 Å². The van der Waals surface area contributed by atoms with Gasteiger partial charge in [-0.3, -0.25) is 0 Å². The zero-order chi connectivity index (χ0) is 16.9. The standard InChI is InChI=1S/C15H22ClFN2O3/c1-15(2,3)22-14(20)19-8-11(18)6-9-5-10(16)7-12(17)13(9)21-4/h5,7,11H,6,8,18H2,1-4H3,(H,19,20). The van der Waals surface area contributed by atoms with Crippen LogP contribution in [-0.2, 0) is 11.2 Å². The number of carbonyl (C=O) groups is 1. The van der Waals surface area contributed by atoms with Crippen LogP contribution in [0.1, 0.15) is 26.3 Å². The Morgan fingerprint density at radius 2 is 2.09 bits per heavy atom. The lowest BCUT2D eigenvalue weighted by molar-refractivity contribution is 0.0524. The first-order valence-corrected chi connectivity index (χ1v) is 7.24. The molecule has 0 heterocycles. The van der Waals surface area contributed by atoms with Gasteiger partial charge in [-0.2, -0.15) is 0 Å². The van der Waals surface area contributed by atoms with E-state index in [9.17, 15) is 9.18 Å². The van der Waals surface area contributed by atoms with Gasteiger partial charge in [0, 0.05) is 23.2 Å². The summed E-state index contributed by atoms with van der Waals surface area (Å²) in [6.07, 6.45) is -0.247. The summed E-state index contributed by atoms with van der Waals surface area (Å²) < 4.78 is 23.9. The van der Waals surface area contributed by atoms with Crippen LogP contribution >= 0.6 is 11.6 Å². The predicted octanol–water partition coefficient (Wildman–Crippen LogP) is 2.88. The fraction of sp³-hybridized carbons (Fsp3) is 0.533. The zero-order valence-electron chi connectivity index (χ0n) is 13.2. The third kappa shape index (κ3) is 6.07. The minimum Gasteiger partial charge on any atom is -0.493 e. The van der Waals surface area contributed by atoms with E-state index in [4.69, 9.17) is 26.8 Å². The fourth-order valence-corrected chi connectivity index (χ4v) is 2.10. The number of rotatable bonds is 5. The van der Waals surface area contributed by atoms with Crippen molar-refractivity contribution in [3.8, 4) is 5.75 Å². The molecule has 0 fully saturated rings. The Bertz CT molecular complexity index is 532. The number of hydrogen-bond acceptors (Lipinski definition) is 4. The average molecular weight is 333 g/mol. The van der Waals surface area contributed by atoms with Gasteiger partial charge in [-0.15, -0.1) is 0 Å². The quantitative estimate of drug-likeness (QED) is 0.869. The molecule has 0 aliphatic rings. The summed E-state index contributed by atoms with van der Waals surface area (Å²) >= 11 is 5.84. The average Bonchev–Trinajstić information content (AvgIpc) is 2.34. The lowest BCUT2D eigenvalue weighted by Crippen LogP contribution is -2.41. The molecule has 7 heteroatoms. The first kappa shape index (κ1) is 18.5. The second-order valence-corrected chi connectivity index (χ2v) is 6.36. The Kier molecular flexibility index (Phi) is 6.44. The van der Waals surface area contributed by atoms with Gasteiger partial charge in [0.25, 0.3) is 0 Å². The number of nitrogens with two attached hydrogens (primary N) is 1. The largest absolute Gasteiger partial charge is 0.493 e. The maximum atomic E-state index is 13.7. The Balaban J connectivity index is 2.62. The molecule has 0 aromatic heterocycles. The summed E-state index contributed by atoms with van der Waals surface area (Å²) in [7, 11) is 1.38. The van der Waals surface area contributed by atoms with Crippen molar-refractivity contribution < 1.29 is 18.7 Å². The molecule has 1 amide bonds. The Labute approximate surface area is 134 Å². The van der Waals surface area contributed by atoms with E-state index >= 15 is 0 Å². The van der Waals surface area contributed by atoms with Gasteiger partial charge in [-0.05, 0) is 39.3 Å². The van der Waals surface area contributed by atoms with Gasteiger partial charge in [0.05, 0.1) is 7.11 Å². The SMILES string of the molecule is COc1c(F)cc(Cl)cc1CC(N)CNC(=O)OC(C)(C)C. The van der Waals surface area contributed by atoms with Crippen molar-refractivity contribution in [2.45, 2.75) is 38.8 Å². The first-order chi connectivity index (χ1) is 10.1. The van der Waals surface area contributed by atoms with E-state index in [1.54, 1.807) is 26.8 Å². The third-order valence-corrected chi connectivity index (χ3v) is 2.90. The zero-order valence-corrected chi connectivity index (χ0v) is 14.0. The molecule has 1 rings (SSSR count). The lowest BCUT2D eigenvalue weighted by atomic mass is 10.1. The topological polar surface area (TPSA) is 73.6 Å². The third-order valence-electron chi connectivity index (χ3n) is 2.68. The molecular formula is C15H22ClFN2O3. The summed E-state index contributed by atoms with van der Waals surface area (Å²) in [6.45, 7) is 5.50. The molecule has 3 N–H and O–H groups in total. The normalized spacial score (nSPS) is 12.7. The molecule has 22 heavy (non-hydrogen) atoms. The van der Waals surface area contributed by atoms with Crippen LogP contribution in [0.5, 0.6) is 5.75 Å². The number of hydrogen-bond donors (Lipinski definition) is 2. The molecule has 0 spiro atoms. The highest BCUT2D eigenvalue weighted by molar-refractivity contribution is 6.30. The highest BCUT2D eigenvalue weighted by atomic mass is 35.5. The molecule has 1 aromatic rings. The van der Waals surface area contributed by atoms with E-state index < -0.39 is 23.6 Å². The fourth-order valence-electron chi connectivity index (χ4n) is 1.88. The minimum atomic E-state index is -0.576. The maximum Gasteiger partial charge on any atom is 0.407 e. The van der Waals surface area contributed by atoms with Crippen molar-refractivity contribution in [2.75, 3.05) is 13.7 Å². The number of ether oxygens (including phenoxy) is 2. The van der Waals surface area contributed by atoms with Crippen molar-refractivity contribution in [1.82, 2.24) is 5.32 Å². The molecule has 0 radical (unpaired) electrons.